The molecule has 0 unspecified atom stereocenters. The lowest BCUT2D eigenvalue weighted by atomic mass is 10.1. The fraction of sp³-hybridized carbons (Fsp3) is 0.440. The first-order valence-electron chi connectivity index (χ1n) is 11.1. The third-order valence-electron chi connectivity index (χ3n) is 5.95. The average molecular weight is 474 g/mol. The minimum atomic E-state index is -3.51. The number of sulfonamides is 1. The molecule has 2 rings (SSSR count). The second-order valence-corrected chi connectivity index (χ2v) is 10.4. The molecule has 2 aromatic rings. The Morgan fingerprint density at radius 1 is 1.00 bits per heavy atom. The number of benzene rings is 2. The van der Waals surface area contributed by atoms with Crippen LogP contribution in [0.25, 0.3) is 0 Å². The Balaban J connectivity index is 2.17. The van der Waals surface area contributed by atoms with Crippen molar-refractivity contribution >= 4 is 27.5 Å². The van der Waals surface area contributed by atoms with Crippen molar-refractivity contribution in [3.63, 3.8) is 0 Å². The molecule has 0 heterocycles. The molecule has 1 atom stereocenters. The van der Waals surface area contributed by atoms with Crippen LogP contribution in [-0.2, 0) is 26.2 Å². The van der Waals surface area contributed by atoms with Crippen LogP contribution in [-0.4, -0.2) is 51.0 Å². The van der Waals surface area contributed by atoms with Crippen molar-refractivity contribution in [2.45, 2.75) is 53.1 Å². The summed E-state index contributed by atoms with van der Waals surface area (Å²) >= 11 is 0. The fourth-order valence-corrected chi connectivity index (χ4v) is 4.60. The van der Waals surface area contributed by atoms with Crippen LogP contribution >= 0.6 is 0 Å². The van der Waals surface area contributed by atoms with Crippen molar-refractivity contribution in [2.75, 3.05) is 24.2 Å². The van der Waals surface area contributed by atoms with E-state index >= 15 is 0 Å². The predicted octanol–water partition coefficient (Wildman–Crippen LogP) is 3.32. The van der Waals surface area contributed by atoms with Crippen LogP contribution in [0.1, 0.15) is 42.0 Å². The van der Waals surface area contributed by atoms with Crippen LogP contribution in [0.5, 0.6) is 0 Å². The molecule has 0 saturated heterocycles. The number of hydrogen-bond donors (Lipinski definition) is 1. The van der Waals surface area contributed by atoms with Crippen LogP contribution in [0.15, 0.2) is 42.5 Å². The molecule has 0 radical (unpaired) electrons. The zero-order valence-corrected chi connectivity index (χ0v) is 21.2. The summed E-state index contributed by atoms with van der Waals surface area (Å²) in [6.45, 7) is 8.07. The Morgan fingerprint density at radius 2 is 1.67 bits per heavy atom. The van der Waals surface area contributed by atoms with Gasteiger partial charge in [-0.3, -0.25) is 13.9 Å². The Hall–Kier alpha value is -2.87. The molecule has 0 aliphatic heterocycles. The van der Waals surface area contributed by atoms with Crippen molar-refractivity contribution in [1.29, 1.82) is 0 Å². The molecule has 2 amide bonds. The zero-order valence-electron chi connectivity index (χ0n) is 20.4. The maximum Gasteiger partial charge on any atom is 0.242 e. The van der Waals surface area contributed by atoms with E-state index in [0.717, 1.165) is 22.3 Å². The monoisotopic (exact) mass is 473 g/mol. The van der Waals surface area contributed by atoms with Crippen molar-refractivity contribution in [2.24, 2.45) is 0 Å². The number of hydrogen-bond acceptors (Lipinski definition) is 4. The SMILES string of the molecule is CNC(=O)[C@@H](C)N(Cc1ccccc1C)C(=O)CCCN(c1ccc(C)c(C)c1)S(C)(=O)=O. The molecular formula is C25H35N3O4S. The molecule has 0 aliphatic carbocycles. The minimum Gasteiger partial charge on any atom is -0.357 e. The van der Waals surface area contributed by atoms with Gasteiger partial charge in [-0.2, -0.15) is 0 Å². The van der Waals surface area contributed by atoms with E-state index in [0.29, 0.717) is 18.7 Å². The summed E-state index contributed by atoms with van der Waals surface area (Å²) in [7, 11) is -1.96. The van der Waals surface area contributed by atoms with E-state index in [4.69, 9.17) is 0 Å². The summed E-state index contributed by atoms with van der Waals surface area (Å²) in [5.74, 6) is -0.437. The average Bonchev–Trinajstić information content (AvgIpc) is 2.76. The van der Waals surface area contributed by atoms with Gasteiger partial charge >= 0.3 is 0 Å². The summed E-state index contributed by atoms with van der Waals surface area (Å²) in [5.41, 5.74) is 4.67. The van der Waals surface area contributed by atoms with E-state index < -0.39 is 16.1 Å². The van der Waals surface area contributed by atoms with Crippen LogP contribution in [0.2, 0.25) is 0 Å². The number of anilines is 1. The van der Waals surface area contributed by atoms with E-state index in [1.54, 1.807) is 24.9 Å². The van der Waals surface area contributed by atoms with Crippen molar-refractivity contribution in [1.82, 2.24) is 10.2 Å². The van der Waals surface area contributed by atoms with E-state index in [2.05, 4.69) is 5.32 Å². The molecule has 0 spiro atoms. The van der Waals surface area contributed by atoms with Gasteiger partial charge in [-0.15, -0.1) is 0 Å². The van der Waals surface area contributed by atoms with Gasteiger partial charge < -0.3 is 10.2 Å². The number of likely N-dealkylation sites (N-methyl/N-ethyl adjacent to an activating group) is 1. The highest BCUT2D eigenvalue weighted by atomic mass is 32.2. The summed E-state index contributed by atoms with van der Waals surface area (Å²) in [5, 5.41) is 2.61. The molecule has 8 heteroatoms. The molecular weight excluding hydrogens is 438 g/mol. The number of carbonyl (C=O) groups is 2. The van der Waals surface area contributed by atoms with E-state index in [1.165, 1.54) is 10.6 Å². The lowest BCUT2D eigenvalue weighted by Gasteiger charge is -2.29. The number of amides is 2. The van der Waals surface area contributed by atoms with E-state index in [1.807, 2.05) is 57.2 Å². The first kappa shape index (κ1) is 26.4. The summed E-state index contributed by atoms with van der Waals surface area (Å²) in [4.78, 5) is 27.0. The summed E-state index contributed by atoms with van der Waals surface area (Å²) in [6, 6.07) is 12.6. The van der Waals surface area contributed by atoms with E-state index in [9.17, 15) is 18.0 Å². The largest absolute Gasteiger partial charge is 0.357 e. The number of nitrogens with one attached hydrogen (secondary N) is 1. The molecule has 33 heavy (non-hydrogen) atoms. The topological polar surface area (TPSA) is 86.8 Å². The number of nitrogens with zero attached hydrogens (tertiary/aromatic N) is 2. The Kier molecular flexibility index (Phi) is 9.05. The van der Waals surface area contributed by atoms with Gasteiger partial charge in [0, 0.05) is 26.6 Å². The summed E-state index contributed by atoms with van der Waals surface area (Å²) < 4.78 is 26.2. The Morgan fingerprint density at radius 3 is 2.24 bits per heavy atom. The van der Waals surface area contributed by atoms with Gasteiger partial charge in [0.25, 0.3) is 0 Å². The van der Waals surface area contributed by atoms with Gasteiger partial charge in [0.15, 0.2) is 0 Å². The Labute approximate surface area is 197 Å². The third kappa shape index (κ3) is 7.05. The molecule has 0 fully saturated rings. The van der Waals surface area contributed by atoms with Gasteiger partial charge in [-0.25, -0.2) is 8.42 Å². The zero-order chi connectivity index (χ0) is 24.8. The molecule has 0 aliphatic rings. The molecule has 180 valence electrons. The quantitative estimate of drug-likeness (QED) is 0.574. The summed E-state index contributed by atoms with van der Waals surface area (Å²) in [6.07, 6.45) is 1.63. The van der Waals surface area contributed by atoms with Crippen molar-refractivity contribution in [3.8, 4) is 0 Å². The van der Waals surface area contributed by atoms with Crippen LogP contribution in [0.4, 0.5) is 5.69 Å². The normalized spacial score (nSPS) is 12.2. The fourth-order valence-electron chi connectivity index (χ4n) is 3.65. The molecule has 1 N–H and O–H groups in total. The maximum absolute atomic E-state index is 13.2. The number of rotatable bonds is 10. The maximum atomic E-state index is 13.2. The van der Waals surface area contributed by atoms with Crippen LogP contribution in [0, 0.1) is 20.8 Å². The van der Waals surface area contributed by atoms with Gasteiger partial charge in [-0.05, 0) is 68.5 Å². The van der Waals surface area contributed by atoms with E-state index in [-0.39, 0.29) is 24.8 Å². The molecule has 2 aromatic carbocycles. The Bertz CT molecular complexity index is 1100. The highest BCUT2D eigenvalue weighted by molar-refractivity contribution is 7.92. The minimum absolute atomic E-state index is 0.129. The molecule has 0 saturated carbocycles. The molecule has 0 bridgehead atoms. The van der Waals surface area contributed by atoms with Crippen LogP contribution < -0.4 is 9.62 Å². The van der Waals surface area contributed by atoms with Crippen LogP contribution in [0.3, 0.4) is 0 Å². The second kappa shape index (κ2) is 11.3. The highest BCUT2D eigenvalue weighted by Crippen LogP contribution is 2.22. The first-order chi connectivity index (χ1) is 15.5. The number of aryl methyl sites for hydroxylation is 3. The van der Waals surface area contributed by atoms with Gasteiger partial charge in [-0.1, -0.05) is 30.3 Å². The molecule has 7 nitrogen and oxygen atoms in total. The molecule has 0 aromatic heterocycles. The third-order valence-corrected chi connectivity index (χ3v) is 7.14. The lowest BCUT2D eigenvalue weighted by Crippen LogP contribution is -2.47. The highest BCUT2D eigenvalue weighted by Gasteiger charge is 2.26. The first-order valence-corrected chi connectivity index (χ1v) is 12.9. The van der Waals surface area contributed by atoms with Crippen molar-refractivity contribution < 1.29 is 18.0 Å². The van der Waals surface area contributed by atoms with Gasteiger partial charge in [0.1, 0.15) is 6.04 Å². The smallest absolute Gasteiger partial charge is 0.242 e. The van der Waals surface area contributed by atoms with Gasteiger partial charge in [0.2, 0.25) is 21.8 Å². The standard InChI is InChI=1S/C25H35N3O4S/c1-18-13-14-23(16-20(18)3)28(33(6,31)32)15-9-12-24(29)27(21(4)25(30)26-5)17-22-11-8-7-10-19(22)2/h7-8,10-11,13-14,16,21H,9,12,15,17H2,1-6H3,(H,26,30)/t21-/m1/s1. The second-order valence-electron chi connectivity index (χ2n) is 8.45. The number of carbonyl (C=O) groups excluding carboxylic acids is 2. The van der Waals surface area contributed by atoms with Crippen molar-refractivity contribution in [3.05, 3.63) is 64.7 Å². The predicted molar refractivity (Wildman–Crippen MR) is 133 cm³/mol. The van der Waals surface area contributed by atoms with Gasteiger partial charge in [0.05, 0.1) is 11.9 Å². The lowest BCUT2D eigenvalue weighted by molar-refractivity contribution is -0.140.